The second-order valence-electron chi connectivity index (χ2n) is 7.21. The molecule has 0 fully saturated rings. The number of unbranched alkanes of at least 4 members (excludes halogenated alkanes) is 2. The molecule has 3 rings (SSSR count). The van der Waals surface area contributed by atoms with Gasteiger partial charge in [-0.05, 0) is 37.6 Å². The van der Waals surface area contributed by atoms with Crippen LogP contribution >= 0.6 is 11.6 Å². The number of rotatable bonds is 8. The molecule has 0 unspecified atom stereocenters. The van der Waals surface area contributed by atoms with Crippen molar-refractivity contribution in [2.75, 3.05) is 5.75 Å². The van der Waals surface area contributed by atoms with Crippen LogP contribution in [-0.4, -0.2) is 34.5 Å². The highest BCUT2D eigenvalue weighted by molar-refractivity contribution is 7.90. The molecule has 10 heteroatoms. The molecule has 1 aromatic carbocycles. The number of sulfonamides is 1. The van der Waals surface area contributed by atoms with Crippen LogP contribution in [0.3, 0.4) is 0 Å². The lowest BCUT2D eigenvalue weighted by Gasteiger charge is -2.12. The van der Waals surface area contributed by atoms with Crippen molar-refractivity contribution in [2.45, 2.75) is 39.7 Å². The summed E-state index contributed by atoms with van der Waals surface area (Å²) in [5, 5.41) is 8.75. The van der Waals surface area contributed by atoms with Crippen molar-refractivity contribution in [2.24, 2.45) is 7.05 Å². The Morgan fingerprint density at radius 1 is 1.23 bits per heavy atom. The Balaban J connectivity index is 1.78. The van der Waals surface area contributed by atoms with E-state index in [2.05, 4.69) is 15.1 Å². The number of benzene rings is 1. The number of aromatic nitrogens is 3. The van der Waals surface area contributed by atoms with Crippen LogP contribution < -0.4 is 10.0 Å². The zero-order valence-corrected chi connectivity index (χ0v) is 18.8. The molecule has 0 bridgehead atoms. The first-order valence-electron chi connectivity index (χ1n) is 9.79. The maximum Gasteiger partial charge on any atom is 0.328 e. The Morgan fingerprint density at radius 3 is 2.73 bits per heavy atom. The molecule has 0 aliphatic heterocycles. The van der Waals surface area contributed by atoms with Crippen LogP contribution in [0.1, 0.15) is 37.4 Å². The van der Waals surface area contributed by atoms with E-state index in [1.807, 2.05) is 55.9 Å². The van der Waals surface area contributed by atoms with E-state index >= 15 is 0 Å². The maximum absolute atomic E-state index is 12.2. The van der Waals surface area contributed by atoms with Crippen molar-refractivity contribution in [3.63, 3.8) is 0 Å². The second-order valence-corrected chi connectivity index (χ2v) is 9.49. The average Bonchev–Trinajstić information content (AvgIpc) is 3.18. The first kappa shape index (κ1) is 22.2. The zero-order chi connectivity index (χ0) is 21.9. The van der Waals surface area contributed by atoms with Crippen molar-refractivity contribution in [1.82, 2.24) is 24.4 Å². The number of carbonyl (C=O) groups is 1. The van der Waals surface area contributed by atoms with Crippen LogP contribution in [0.5, 0.6) is 0 Å². The fourth-order valence-electron chi connectivity index (χ4n) is 3.44. The van der Waals surface area contributed by atoms with Gasteiger partial charge in [-0.15, -0.1) is 0 Å². The van der Waals surface area contributed by atoms with E-state index in [-0.39, 0.29) is 12.3 Å². The Morgan fingerprint density at radius 2 is 2.00 bits per heavy atom. The monoisotopic (exact) mass is 451 g/mol. The molecule has 0 atom stereocenters. The minimum absolute atomic E-state index is 0.0661. The SMILES string of the molecule is CCCCCS(=O)(=O)NC(=O)NCc1c(C)nn(C)c1-n1ccc2cc(Cl)ccc21. The standard InChI is InChI=1S/C20H26ClN5O3S/c1-4-5-6-11-30(28,29)24-20(27)22-13-17-14(2)23-25(3)19(17)26-10-9-15-12-16(21)7-8-18(15)26/h7-10,12H,4-6,11,13H2,1-3H3,(H2,22,24,27). The van der Waals surface area contributed by atoms with Gasteiger partial charge < -0.3 is 9.88 Å². The van der Waals surface area contributed by atoms with E-state index in [0.717, 1.165) is 40.8 Å². The van der Waals surface area contributed by atoms with Crippen LogP contribution in [0.2, 0.25) is 5.02 Å². The van der Waals surface area contributed by atoms with Gasteiger partial charge in [0.25, 0.3) is 0 Å². The summed E-state index contributed by atoms with van der Waals surface area (Å²) in [6, 6.07) is 6.83. The molecule has 8 nitrogen and oxygen atoms in total. The Hall–Kier alpha value is -2.52. The van der Waals surface area contributed by atoms with E-state index in [9.17, 15) is 13.2 Å². The van der Waals surface area contributed by atoms with Gasteiger partial charge in [-0.1, -0.05) is 31.4 Å². The van der Waals surface area contributed by atoms with E-state index in [0.29, 0.717) is 11.4 Å². The van der Waals surface area contributed by atoms with Gasteiger partial charge >= 0.3 is 6.03 Å². The highest BCUT2D eigenvalue weighted by atomic mass is 35.5. The number of amides is 2. The Labute approximate surface area is 181 Å². The number of hydrogen-bond acceptors (Lipinski definition) is 4. The van der Waals surface area contributed by atoms with Crippen molar-refractivity contribution >= 4 is 38.6 Å². The molecule has 0 saturated heterocycles. The summed E-state index contributed by atoms with van der Waals surface area (Å²) < 4.78 is 29.8. The number of hydrogen-bond donors (Lipinski definition) is 2. The van der Waals surface area contributed by atoms with Gasteiger partial charge in [0.15, 0.2) is 0 Å². The molecule has 0 aliphatic rings. The molecule has 0 aliphatic carbocycles. The molecule has 0 saturated carbocycles. The van der Waals surface area contributed by atoms with Crippen LogP contribution in [0.4, 0.5) is 4.79 Å². The number of nitrogens with one attached hydrogen (secondary N) is 2. The third-order valence-corrected chi connectivity index (χ3v) is 6.44. The van der Waals surface area contributed by atoms with Crippen molar-refractivity contribution in [1.29, 1.82) is 0 Å². The lowest BCUT2D eigenvalue weighted by molar-refractivity contribution is 0.245. The van der Waals surface area contributed by atoms with Gasteiger partial charge in [-0.25, -0.2) is 17.9 Å². The fourth-order valence-corrected chi connectivity index (χ4v) is 4.66. The second kappa shape index (κ2) is 9.09. The summed E-state index contributed by atoms with van der Waals surface area (Å²) in [4.78, 5) is 12.2. The van der Waals surface area contributed by atoms with Crippen LogP contribution in [0.15, 0.2) is 30.5 Å². The van der Waals surface area contributed by atoms with Gasteiger partial charge in [-0.3, -0.25) is 4.68 Å². The first-order valence-corrected chi connectivity index (χ1v) is 11.8. The summed E-state index contributed by atoms with van der Waals surface area (Å²) in [7, 11) is -1.82. The topological polar surface area (TPSA) is 98.0 Å². The molecule has 30 heavy (non-hydrogen) atoms. The lowest BCUT2D eigenvalue weighted by atomic mass is 10.2. The quantitative estimate of drug-likeness (QED) is 0.511. The van der Waals surface area contributed by atoms with Gasteiger partial charge in [0.05, 0.1) is 23.5 Å². The van der Waals surface area contributed by atoms with Crippen LogP contribution in [0, 0.1) is 6.92 Å². The number of carbonyl (C=O) groups excluding carboxylic acids is 1. The number of fused-ring (bicyclic) bond motifs is 1. The predicted octanol–water partition coefficient (Wildman–Crippen LogP) is 3.65. The summed E-state index contributed by atoms with van der Waals surface area (Å²) in [5.41, 5.74) is 2.49. The maximum atomic E-state index is 12.2. The number of nitrogens with zero attached hydrogens (tertiary/aromatic N) is 3. The summed E-state index contributed by atoms with van der Waals surface area (Å²) in [6.45, 7) is 3.98. The summed E-state index contributed by atoms with van der Waals surface area (Å²) >= 11 is 6.09. The molecular weight excluding hydrogens is 426 g/mol. The summed E-state index contributed by atoms with van der Waals surface area (Å²) in [6.07, 6.45) is 4.15. The molecule has 0 radical (unpaired) electrons. The molecule has 3 aromatic rings. The molecule has 162 valence electrons. The average molecular weight is 452 g/mol. The molecule has 2 aromatic heterocycles. The third-order valence-electron chi connectivity index (χ3n) is 4.88. The minimum Gasteiger partial charge on any atom is -0.333 e. The van der Waals surface area contributed by atoms with Gasteiger partial charge in [-0.2, -0.15) is 5.10 Å². The number of urea groups is 1. The molecule has 2 heterocycles. The highest BCUT2D eigenvalue weighted by Gasteiger charge is 2.19. The predicted molar refractivity (Wildman–Crippen MR) is 118 cm³/mol. The van der Waals surface area contributed by atoms with Gasteiger partial charge in [0.1, 0.15) is 5.82 Å². The van der Waals surface area contributed by atoms with Crippen LogP contribution in [0.25, 0.3) is 16.7 Å². The molecule has 0 spiro atoms. The summed E-state index contributed by atoms with van der Waals surface area (Å²) in [5.74, 6) is 0.722. The first-order chi connectivity index (χ1) is 14.2. The number of aryl methyl sites for hydroxylation is 2. The van der Waals surface area contributed by atoms with E-state index < -0.39 is 16.1 Å². The zero-order valence-electron chi connectivity index (χ0n) is 17.3. The smallest absolute Gasteiger partial charge is 0.328 e. The highest BCUT2D eigenvalue weighted by Crippen LogP contribution is 2.26. The van der Waals surface area contributed by atoms with Gasteiger partial charge in [0.2, 0.25) is 10.0 Å². The van der Waals surface area contributed by atoms with E-state index in [1.54, 1.807) is 4.68 Å². The molecule has 2 amide bonds. The third kappa shape index (κ3) is 4.96. The molecule has 2 N–H and O–H groups in total. The van der Waals surface area contributed by atoms with E-state index in [4.69, 9.17) is 11.6 Å². The Kier molecular flexibility index (Phi) is 6.72. The Bertz CT molecular complexity index is 1170. The fraction of sp³-hybridized carbons (Fsp3) is 0.400. The van der Waals surface area contributed by atoms with Crippen LogP contribution in [-0.2, 0) is 23.6 Å². The van der Waals surface area contributed by atoms with E-state index in [1.165, 1.54) is 0 Å². The van der Waals surface area contributed by atoms with Crippen molar-refractivity contribution in [3.05, 3.63) is 46.7 Å². The lowest BCUT2D eigenvalue weighted by Crippen LogP contribution is -2.40. The minimum atomic E-state index is -3.65. The molecular formula is C20H26ClN5O3S. The normalized spacial score (nSPS) is 11.7. The van der Waals surface area contributed by atoms with Crippen molar-refractivity contribution in [3.8, 4) is 5.82 Å². The van der Waals surface area contributed by atoms with Gasteiger partial charge in [0, 0.05) is 29.2 Å². The largest absolute Gasteiger partial charge is 0.333 e. The number of halogens is 1. The van der Waals surface area contributed by atoms with Crippen molar-refractivity contribution < 1.29 is 13.2 Å².